The quantitative estimate of drug-likeness (QED) is 0.776. The average Bonchev–Trinajstić information content (AvgIpc) is 3.22. The second-order valence-electron chi connectivity index (χ2n) is 5.44. The van der Waals surface area contributed by atoms with Crippen LogP contribution < -0.4 is 5.32 Å². The number of benzene rings is 1. The number of aryl methyl sites for hydroxylation is 1. The van der Waals surface area contributed by atoms with Crippen molar-refractivity contribution in [2.75, 3.05) is 0 Å². The van der Waals surface area contributed by atoms with Gasteiger partial charge in [-0.15, -0.1) is 0 Å². The number of aromatic nitrogens is 6. The van der Waals surface area contributed by atoms with Gasteiger partial charge in [-0.3, -0.25) is 0 Å². The summed E-state index contributed by atoms with van der Waals surface area (Å²) in [7, 11) is 0. The van der Waals surface area contributed by atoms with Gasteiger partial charge in [0.05, 0.1) is 24.1 Å². The molecule has 7 heteroatoms. The maximum Gasteiger partial charge on any atom is 0.138 e. The summed E-state index contributed by atoms with van der Waals surface area (Å²) in [6, 6.07) is 10.3. The van der Waals surface area contributed by atoms with Crippen LogP contribution in [0.1, 0.15) is 17.9 Å². The highest BCUT2D eigenvalue weighted by Crippen LogP contribution is 2.12. The second-order valence-corrected chi connectivity index (χ2v) is 5.44. The molecule has 0 spiro atoms. The minimum absolute atomic E-state index is 0.399. The highest BCUT2D eigenvalue weighted by atomic mass is 15.5. The molecule has 0 saturated heterocycles. The lowest BCUT2D eigenvalue weighted by Crippen LogP contribution is -2.37. The predicted molar refractivity (Wildman–Crippen MR) is 80.3 cm³/mol. The average molecular weight is 295 g/mol. The van der Waals surface area contributed by atoms with Crippen LogP contribution in [-0.4, -0.2) is 35.8 Å². The maximum absolute atomic E-state index is 4.51. The van der Waals surface area contributed by atoms with Gasteiger partial charge in [-0.2, -0.15) is 20.1 Å². The lowest BCUT2D eigenvalue weighted by Gasteiger charge is -2.23. The van der Waals surface area contributed by atoms with Gasteiger partial charge in [0, 0.05) is 19.0 Å². The zero-order valence-electron chi connectivity index (χ0n) is 12.1. The van der Waals surface area contributed by atoms with Gasteiger partial charge in [-0.05, 0) is 18.6 Å². The van der Waals surface area contributed by atoms with Crippen molar-refractivity contribution >= 4 is 0 Å². The molecule has 0 unspecified atom stereocenters. The zero-order valence-corrected chi connectivity index (χ0v) is 12.1. The Morgan fingerprint density at radius 1 is 1.18 bits per heavy atom. The van der Waals surface area contributed by atoms with E-state index >= 15 is 0 Å². The molecule has 3 heterocycles. The molecule has 22 heavy (non-hydrogen) atoms. The van der Waals surface area contributed by atoms with Crippen LogP contribution in [0.15, 0.2) is 42.9 Å². The third-order valence-corrected chi connectivity index (χ3v) is 3.90. The summed E-state index contributed by atoms with van der Waals surface area (Å²) < 4.78 is 1.97. The monoisotopic (exact) mass is 295 g/mol. The Morgan fingerprint density at radius 3 is 3.00 bits per heavy atom. The first-order chi connectivity index (χ1) is 10.9. The van der Waals surface area contributed by atoms with E-state index in [1.807, 2.05) is 41.2 Å². The summed E-state index contributed by atoms with van der Waals surface area (Å²) in [5, 5.41) is 16.6. The largest absolute Gasteiger partial charge is 0.306 e. The molecule has 0 radical (unpaired) electrons. The summed E-state index contributed by atoms with van der Waals surface area (Å²) in [6.07, 6.45) is 5.48. The molecule has 4 rings (SSSR count). The Labute approximate surface area is 128 Å². The van der Waals surface area contributed by atoms with Crippen LogP contribution in [0.2, 0.25) is 0 Å². The third-order valence-electron chi connectivity index (χ3n) is 3.90. The fraction of sp³-hybridized carbons (Fsp3) is 0.333. The van der Waals surface area contributed by atoms with E-state index in [1.165, 1.54) is 0 Å². The van der Waals surface area contributed by atoms with Gasteiger partial charge in [0.2, 0.25) is 0 Å². The summed E-state index contributed by atoms with van der Waals surface area (Å²) in [6.45, 7) is 1.57. The summed E-state index contributed by atoms with van der Waals surface area (Å²) in [4.78, 5) is 5.90. The standard InChI is InChI=1S/C15H17N7/c1-2-4-14(5-3-1)22-18-9-13(20-22)8-16-12-6-7-15-17-11-19-21(15)10-12/h1-5,9,11-12,16H,6-8,10H2/t12-/m1/s1. The Hall–Kier alpha value is -2.54. The molecule has 0 aliphatic carbocycles. The molecule has 7 nitrogen and oxygen atoms in total. The van der Waals surface area contributed by atoms with Crippen LogP contribution in [-0.2, 0) is 19.5 Å². The van der Waals surface area contributed by atoms with Gasteiger partial charge in [-0.25, -0.2) is 9.67 Å². The number of hydrogen-bond donors (Lipinski definition) is 1. The number of fused-ring (bicyclic) bond motifs is 1. The first kappa shape index (κ1) is 13.1. The molecule has 0 bridgehead atoms. The van der Waals surface area contributed by atoms with Gasteiger partial charge < -0.3 is 5.32 Å². The first-order valence-corrected chi connectivity index (χ1v) is 7.45. The van der Waals surface area contributed by atoms with E-state index in [1.54, 1.807) is 11.1 Å². The fourth-order valence-corrected chi connectivity index (χ4v) is 2.71. The lowest BCUT2D eigenvalue weighted by molar-refractivity contribution is 0.356. The SMILES string of the molecule is c1ccc(-n2ncc(CN[C@@H]3CCc4ncnn4C3)n2)cc1. The van der Waals surface area contributed by atoms with E-state index in [0.29, 0.717) is 12.6 Å². The van der Waals surface area contributed by atoms with Gasteiger partial charge in [-0.1, -0.05) is 18.2 Å². The minimum atomic E-state index is 0.399. The summed E-state index contributed by atoms with van der Waals surface area (Å²) in [5.74, 6) is 1.08. The van der Waals surface area contributed by atoms with Crippen molar-refractivity contribution in [2.45, 2.75) is 32.0 Å². The Bertz CT molecular complexity index is 746. The van der Waals surface area contributed by atoms with E-state index in [2.05, 4.69) is 25.6 Å². The molecule has 112 valence electrons. The molecule has 0 fully saturated rings. The van der Waals surface area contributed by atoms with Crippen LogP contribution in [0.3, 0.4) is 0 Å². The fourth-order valence-electron chi connectivity index (χ4n) is 2.71. The number of nitrogens with one attached hydrogen (secondary N) is 1. The lowest BCUT2D eigenvalue weighted by atomic mass is 10.1. The molecule has 2 aromatic heterocycles. The number of hydrogen-bond acceptors (Lipinski definition) is 5. The van der Waals surface area contributed by atoms with Crippen molar-refractivity contribution in [3.8, 4) is 5.69 Å². The Kier molecular flexibility index (Phi) is 3.40. The Balaban J connectivity index is 1.38. The Morgan fingerprint density at radius 2 is 2.09 bits per heavy atom. The molecule has 1 atom stereocenters. The van der Waals surface area contributed by atoms with Crippen molar-refractivity contribution in [2.24, 2.45) is 0 Å². The van der Waals surface area contributed by atoms with Crippen molar-refractivity contribution in [1.29, 1.82) is 0 Å². The van der Waals surface area contributed by atoms with E-state index < -0.39 is 0 Å². The van der Waals surface area contributed by atoms with Crippen LogP contribution in [0, 0.1) is 0 Å². The highest BCUT2D eigenvalue weighted by Gasteiger charge is 2.19. The molecule has 0 saturated carbocycles. The third kappa shape index (κ3) is 2.62. The van der Waals surface area contributed by atoms with Crippen LogP contribution in [0.4, 0.5) is 0 Å². The second kappa shape index (κ2) is 5.69. The number of rotatable bonds is 4. The smallest absolute Gasteiger partial charge is 0.138 e. The summed E-state index contributed by atoms with van der Waals surface area (Å²) >= 11 is 0. The number of nitrogens with zero attached hydrogens (tertiary/aromatic N) is 6. The van der Waals surface area contributed by atoms with Crippen LogP contribution in [0.5, 0.6) is 0 Å². The maximum atomic E-state index is 4.51. The van der Waals surface area contributed by atoms with E-state index in [-0.39, 0.29) is 0 Å². The van der Waals surface area contributed by atoms with Gasteiger partial charge in [0.15, 0.2) is 0 Å². The van der Waals surface area contributed by atoms with Crippen molar-refractivity contribution < 1.29 is 0 Å². The van der Waals surface area contributed by atoms with Crippen LogP contribution >= 0.6 is 0 Å². The van der Waals surface area contributed by atoms with E-state index in [4.69, 9.17) is 0 Å². The van der Waals surface area contributed by atoms with Gasteiger partial charge in [0.1, 0.15) is 12.2 Å². The summed E-state index contributed by atoms with van der Waals surface area (Å²) in [5.41, 5.74) is 1.91. The molecular weight excluding hydrogens is 278 g/mol. The van der Waals surface area contributed by atoms with Crippen molar-refractivity contribution in [3.63, 3.8) is 0 Å². The minimum Gasteiger partial charge on any atom is -0.306 e. The van der Waals surface area contributed by atoms with Crippen LogP contribution in [0.25, 0.3) is 5.69 Å². The molecule has 3 aromatic rings. The number of para-hydroxylation sites is 1. The highest BCUT2D eigenvalue weighted by molar-refractivity contribution is 5.28. The molecule has 0 amide bonds. The zero-order chi connectivity index (χ0) is 14.8. The first-order valence-electron chi connectivity index (χ1n) is 7.45. The molecule has 1 aromatic carbocycles. The van der Waals surface area contributed by atoms with Gasteiger partial charge in [0.25, 0.3) is 0 Å². The topological polar surface area (TPSA) is 73.5 Å². The van der Waals surface area contributed by atoms with Crippen molar-refractivity contribution in [3.05, 3.63) is 54.4 Å². The molecule has 1 N–H and O–H groups in total. The molecule has 1 aliphatic heterocycles. The normalized spacial score (nSPS) is 17.4. The van der Waals surface area contributed by atoms with Crippen molar-refractivity contribution in [1.82, 2.24) is 35.1 Å². The van der Waals surface area contributed by atoms with E-state index in [9.17, 15) is 0 Å². The predicted octanol–water partition coefficient (Wildman–Crippen LogP) is 0.963. The molecule has 1 aliphatic rings. The van der Waals surface area contributed by atoms with Gasteiger partial charge >= 0.3 is 0 Å². The van der Waals surface area contributed by atoms with E-state index in [0.717, 1.165) is 36.6 Å². The molecular formula is C15H17N7.